The molecule has 0 radical (unpaired) electrons. The lowest BCUT2D eigenvalue weighted by Gasteiger charge is -2.01. The lowest BCUT2D eigenvalue weighted by Crippen LogP contribution is -2.01. The molecule has 0 atom stereocenters. The molecule has 98 valence electrons. The third-order valence-electron chi connectivity index (χ3n) is 2.83. The van der Waals surface area contributed by atoms with Gasteiger partial charge in [0.1, 0.15) is 17.4 Å². The monoisotopic (exact) mass is 263 g/mol. The Kier molecular flexibility index (Phi) is 4.31. The number of allylic oxidation sites excluding steroid dienone is 1. The first-order valence-corrected chi connectivity index (χ1v) is 6.10. The minimum absolute atomic E-state index is 0.112. The van der Waals surface area contributed by atoms with Gasteiger partial charge in [-0.05, 0) is 23.8 Å². The molecule has 0 aliphatic carbocycles. The van der Waals surface area contributed by atoms with E-state index in [1.807, 2.05) is 12.1 Å². The first-order valence-electron chi connectivity index (χ1n) is 6.10. The van der Waals surface area contributed by atoms with Gasteiger partial charge in [-0.3, -0.25) is 4.79 Å². The van der Waals surface area contributed by atoms with Crippen LogP contribution in [0.5, 0.6) is 5.75 Å². The molecule has 0 heterocycles. The van der Waals surface area contributed by atoms with Crippen LogP contribution in [-0.4, -0.2) is 12.9 Å². The summed E-state index contributed by atoms with van der Waals surface area (Å²) in [6, 6.07) is 17.9. The summed E-state index contributed by atoms with van der Waals surface area (Å²) in [6.45, 7) is 0. The van der Waals surface area contributed by atoms with Crippen molar-refractivity contribution in [1.29, 1.82) is 5.26 Å². The Morgan fingerprint density at radius 2 is 1.75 bits per heavy atom. The average Bonchev–Trinajstić information content (AvgIpc) is 2.53. The number of carbonyl (C=O) groups excluding carboxylic acids is 1. The molecular formula is C17H13NO2. The van der Waals surface area contributed by atoms with Crippen molar-refractivity contribution in [1.82, 2.24) is 0 Å². The molecule has 0 spiro atoms. The SMILES string of the molecule is COc1ccc(/C=C(\C#N)C(=O)c2ccccc2)cc1. The number of nitriles is 1. The van der Waals surface area contributed by atoms with Crippen LogP contribution in [0.25, 0.3) is 6.08 Å². The highest BCUT2D eigenvalue weighted by atomic mass is 16.5. The predicted molar refractivity (Wildman–Crippen MR) is 77.4 cm³/mol. The topological polar surface area (TPSA) is 50.1 Å². The number of Topliss-reactive ketones (excluding diaryl/α,β-unsaturated/α-hetero) is 1. The minimum Gasteiger partial charge on any atom is -0.497 e. The van der Waals surface area contributed by atoms with Crippen LogP contribution in [0.15, 0.2) is 60.2 Å². The van der Waals surface area contributed by atoms with Gasteiger partial charge in [0.15, 0.2) is 0 Å². The number of nitrogens with zero attached hydrogens (tertiary/aromatic N) is 1. The van der Waals surface area contributed by atoms with Crippen molar-refractivity contribution >= 4 is 11.9 Å². The Labute approximate surface area is 117 Å². The maximum Gasteiger partial charge on any atom is 0.203 e. The number of benzene rings is 2. The Morgan fingerprint density at radius 3 is 2.30 bits per heavy atom. The fraction of sp³-hybridized carbons (Fsp3) is 0.0588. The average molecular weight is 263 g/mol. The Hall–Kier alpha value is -2.86. The van der Waals surface area contributed by atoms with Crippen LogP contribution in [0.1, 0.15) is 15.9 Å². The van der Waals surface area contributed by atoms with Gasteiger partial charge in [0.2, 0.25) is 5.78 Å². The summed E-state index contributed by atoms with van der Waals surface area (Å²) in [4.78, 5) is 12.2. The summed E-state index contributed by atoms with van der Waals surface area (Å²) in [5.41, 5.74) is 1.40. The van der Waals surface area contributed by atoms with E-state index in [1.54, 1.807) is 61.7 Å². The number of hydrogen-bond donors (Lipinski definition) is 0. The molecule has 3 nitrogen and oxygen atoms in total. The highest BCUT2D eigenvalue weighted by Gasteiger charge is 2.11. The van der Waals surface area contributed by atoms with Gasteiger partial charge in [-0.25, -0.2) is 0 Å². The smallest absolute Gasteiger partial charge is 0.203 e. The molecule has 2 aromatic rings. The molecule has 0 N–H and O–H groups in total. The molecule has 0 saturated heterocycles. The van der Waals surface area contributed by atoms with Gasteiger partial charge in [0.25, 0.3) is 0 Å². The largest absolute Gasteiger partial charge is 0.497 e. The highest BCUT2D eigenvalue weighted by molar-refractivity contribution is 6.13. The van der Waals surface area contributed by atoms with Crippen molar-refractivity contribution in [2.24, 2.45) is 0 Å². The quantitative estimate of drug-likeness (QED) is 0.482. The maximum atomic E-state index is 12.2. The van der Waals surface area contributed by atoms with E-state index in [9.17, 15) is 4.79 Å². The zero-order valence-corrected chi connectivity index (χ0v) is 11.0. The molecule has 2 aromatic carbocycles. The van der Waals surface area contributed by atoms with E-state index >= 15 is 0 Å². The first kappa shape index (κ1) is 13.6. The van der Waals surface area contributed by atoms with Crippen molar-refractivity contribution in [3.63, 3.8) is 0 Å². The zero-order chi connectivity index (χ0) is 14.4. The van der Waals surface area contributed by atoms with Gasteiger partial charge >= 0.3 is 0 Å². The lowest BCUT2D eigenvalue weighted by molar-refractivity contribution is 0.104. The number of carbonyl (C=O) groups is 1. The van der Waals surface area contributed by atoms with E-state index < -0.39 is 0 Å². The number of methoxy groups -OCH3 is 1. The fourth-order valence-electron chi connectivity index (χ4n) is 1.76. The van der Waals surface area contributed by atoms with Gasteiger partial charge in [0, 0.05) is 5.56 Å². The Bertz CT molecular complexity index is 664. The summed E-state index contributed by atoms with van der Waals surface area (Å²) in [5, 5.41) is 9.16. The van der Waals surface area contributed by atoms with Crippen LogP contribution in [-0.2, 0) is 0 Å². The standard InChI is InChI=1S/C17H13NO2/c1-20-16-9-7-13(8-10-16)11-15(12-18)17(19)14-5-3-2-4-6-14/h2-11H,1H3/b15-11+. The van der Waals surface area contributed by atoms with Crippen LogP contribution in [0.4, 0.5) is 0 Å². The van der Waals surface area contributed by atoms with Crippen LogP contribution in [0, 0.1) is 11.3 Å². The molecule has 0 unspecified atom stereocenters. The normalized spacial score (nSPS) is 10.7. The molecule has 20 heavy (non-hydrogen) atoms. The van der Waals surface area contributed by atoms with E-state index in [4.69, 9.17) is 10.00 Å². The van der Waals surface area contributed by atoms with Crippen LogP contribution < -0.4 is 4.74 Å². The predicted octanol–water partition coefficient (Wildman–Crippen LogP) is 3.49. The fourth-order valence-corrected chi connectivity index (χ4v) is 1.76. The van der Waals surface area contributed by atoms with Gasteiger partial charge in [-0.15, -0.1) is 0 Å². The molecule has 2 rings (SSSR count). The Balaban J connectivity index is 2.30. The maximum absolute atomic E-state index is 12.2. The van der Waals surface area contributed by atoms with Crippen molar-refractivity contribution in [2.75, 3.05) is 7.11 Å². The second-order valence-electron chi connectivity index (χ2n) is 4.14. The second kappa shape index (κ2) is 6.35. The molecule has 0 aliphatic heterocycles. The molecule has 3 heteroatoms. The summed E-state index contributed by atoms with van der Waals surface area (Å²) < 4.78 is 5.06. The number of ether oxygens (including phenoxy) is 1. The summed E-state index contributed by atoms with van der Waals surface area (Å²) in [6.07, 6.45) is 1.58. The van der Waals surface area contributed by atoms with Gasteiger partial charge in [-0.1, -0.05) is 42.5 Å². The lowest BCUT2D eigenvalue weighted by atomic mass is 10.0. The van der Waals surface area contributed by atoms with E-state index in [0.29, 0.717) is 5.56 Å². The molecule has 0 fully saturated rings. The van der Waals surface area contributed by atoms with Gasteiger partial charge in [0.05, 0.1) is 7.11 Å². The molecule has 0 aromatic heterocycles. The van der Waals surface area contributed by atoms with Crippen molar-refractivity contribution in [2.45, 2.75) is 0 Å². The molecular weight excluding hydrogens is 250 g/mol. The van der Waals surface area contributed by atoms with E-state index in [2.05, 4.69) is 0 Å². The van der Waals surface area contributed by atoms with Crippen molar-refractivity contribution in [3.05, 3.63) is 71.3 Å². The van der Waals surface area contributed by atoms with Gasteiger partial charge in [-0.2, -0.15) is 5.26 Å². The molecule has 0 saturated carbocycles. The second-order valence-corrected chi connectivity index (χ2v) is 4.14. The van der Waals surface area contributed by atoms with Gasteiger partial charge < -0.3 is 4.74 Å². The molecule has 0 aliphatic rings. The van der Waals surface area contributed by atoms with Crippen molar-refractivity contribution < 1.29 is 9.53 Å². The minimum atomic E-state index is -0.274. The number of hydrogen-bond acceptors (Lipinski definition) is 3. The van der Waals surface area contributed by atoms with E-state index in [1.165, 1.54) is 0 Å². The Morgan fingerprint density at radius 1 is 1.10 bits per heavy atom. The van der Waals surface area contributed by atoms with Crippen LogP contribution in [0.2, 0.25) is 0 Å². The highest BCUT2D eigenvalue weighted by Crippen LogP contribution is 2.16. The summed E-state index contributed by atoms with van der Waals surface area (Å²) in [7, 11) is 1.59. The number of rotatable bonds is 4. The summed E-state index contributed by atoms with van der Waals surface area (Å²) in [5.74, 6) is 0.457. The van der Waals surface area contributed by atoms with Crippen molar-refractivity contribution in [3.8, 4) is 11.8 Å². The number of ketones is 1. The molecule has 0 bridgehead atoms. The summed E-state index contributed by atoms with van der Waals surface area (Å²) >= 11 is 0. The first-order chi connectivity index (χ1) is 9.74. The third kappa shape index (κ3) is 3.12. The van der Waals surface area contributed by atoms with E-state index in [0.717, 1.165) is 11.3 Å². The van der Waals surface area contributed by atoms with Crippen LogP contribution >= 0.6 is 0 Å². The third-order valence-corrected chi connectivity index (χ3v) is 2.83. The molecule has 0 amide bonds. The zero-order valence-electron chi connectivity index (χ0n) is 11.0. The van der Waals surface area contributed by atoms with Crippen LogP contribution in [0.3, 0.4) is 0 Å². The van der Waals surface area contributed by atoms with E-state index in [-0.39, 0.29) is 11.4 Å².